The number of thiocarbonyl (C=S) groups is 1. The SMILES string of the molecule is CC1=NN(c2ccccc2)C(=S)C1C=Nc1nc2ccccc2s1. The number of para-hydroxylation sites is 2. The Morgan fingerprint density at radius 3 is 2.67 bits per heavy atom. The van der Waals surface area contributed by atoms with Crippen molar-refractivity contribution in [3.8, 4) is 0 Å². The molecule has 1 unspecified atom stereocenters. The number of fused-ring (bicyclic) bond motifs is 1. The van der Waals surface area contributed by atoms with Crippen molar-refractivity contribution in [3.63, 3.8) is 0 Å². The summed E-state index contributed by atoms with van der Waals surface area (Å²) in [6.07, 6.45) is 1.85. The van der Waals surface area contributed by atoms with E-state index in [1.807, 2.05) is 61.7 Å². The van der Waals surface area contributed by atoms with Crippen LogP contribution in [0.25, 0.3) is 10.2 Å². The van der Waals surface area contributed by atoms with Gasteiger partial charge in [0.05, 0.1) is 27.5 Å². The Morgan fingerprint density at radius 2 is 1.88 bits per heavy atom. The Labute approximate surface area is 149 Å². The fourth-order valence-corrected chi connectivity index (χ4v) is 3.76. The predicted molar refractivity (Wildman–Crippen MR) is 106 cm³/mol. The Hall–Kier alpha value is -2.44. The van der Waals surface area contributed by atoms with Crippen molar-refractivity contribution in [3.05, 3.63) is 54.6 Å². The van der Waals surface area contributed by atoms with Crippen LogP contribution in [0.3, 0.4) is 0 Å². The number of rotatable bonds is 3. The molecule has 2 aromatic carbocycles. The van der Waals surface area contributed by atoms with Gasteiger partial charge in [-0.25, -0.2) is 15.0 Å². The first-order chi connectivity index (χ1) is 11.7. The van der Waals surface area contributed by atoms with Crippen molar-refractivity contribution in [2.45, 2.75) is 6.92 Å². The summed E-state index contributed by atoms with van der Waals surface area (Å²) in [4.78, 5) is 9.81. The van der Waals surface area contributed by atoms with Crippen molar-refractivity contribution in [2.75, 3.05) is 5.01 Å². The van der Waals surface area contributed by atoms with Crippen LogP contribution in [0.15, 0.2) is 64.7 Å². The summed E-state index contributed by atoms with van der Waals surface area (Å²) in [5.74, 6) is -0.0766. The summed E-state index contributed by atoms with van der Waals surface area (Å²) < 4.78 is 1.13. The molecule has 0 spiro atoms. The number of nitrogens with zero attached hydrogens (tertiary/aromatic N) is 4. The topological polar surface area (TPSA) is 40.9 Å². The molecular formula is C18H14N4S2. The zero-order valence-corrected chi connectivity index (χ0v) is 14.6. The molecule has 0 saturated carbocycles. The van der Waals surface area contributed by atoms with Gasteiger partial charge in [0, 0.05) is 6.21 Å². The quantitative estimate of drug-likeness (QED) is 0.501. The summed E-state index contributed by atoms with van der Waals surface area (Å²) in [6, 6.07) is 18.0. The van der Waals surface area contributed by atoms with Gasteiger partial charge in [0.2, 0.25) is 5.13 Å². The fourth-order valence-electron chi connectivity index (χ4n) is 2.56. The molecule has 2 heterocycles. The number of hydrogen-bond acceptors (Lipinski definition) is 5. The average molecular weight is 350 g/mol. The fraction of sp³-hybridized carbons (Fsp3) is 0.111. The minimum atomic E-state index is -0.0766. The van der Waals surface area contributed by atoms with Crippen molar-refractivity contribution in [1.82, 2.24) is 4.98 Å². The monoisotopic (exact) mass is 350 g/mol. The van der Waals surface area contributed by atoms with Crippen LogP contribution in [0, 0.1) is 5.92 Å². The molecule has 118 valence electrons. The molecule has 1 aliphatic heterocycles. The van der Waals surface area contributed by atoms with Gasteiger partial charge in [-0.15, -0.1) is 0 Å². The highest BCUT2D eigenvalue weighted by Gasteiger charge is 2.29. The largest absolute Gasteiger partial charge is 0.231 e. The van der Waals surface area contributed by atoms with Gasteiger partial charge in [-0.1, -0.05) is 53.9 Å². The van der Waals surface area contributed by atoms with E-state index < -0.39 is 0 Å². The van der Waals surface area contributed by atoms with Crippen LogP contribution in [0.5, 0.6) is 0 Å². The first-order valence-electron chi connectivity index (χ1n) is 7.56. The standard InChI is InChI=1S/C18H14N4S2/c1-12-14(17(23)22(21-12)13-7-3-2-4-8-13)11-19-18-20-15-9-5-6-10-16(15)24-18/h2-11,14H,1H3. The van der Waals surface area contributed by atoms with Crippen LogP contribution in [0.2, 0.25) is 0 Å². The molecule has 0 radical (unpaired) electrons. The molecule has 0 amide bonds. The summed E-state index contributed by atoms with van der Waals surface area (Å²) in [5.41, 5.74) is 2.88. The molecule has 0 saturated heterocycles. The molecule has 0 N–H and O–H groups in total. The summed E-state index contributed by atoms with van der Waals surface area (Å²) >= 11 is 7.18. The van der Waals surface area contributed by atoms with Crippen molar-refractivity contribution in [2.24, 2.45) is 16.0 Å². The number of benzene rings is 2. The normalized spacial score (nSPS) is 17.9. The van der Waals surface area contributed by atoms with Gasteiger partial charge in [0.1, 0.15) is 4.99 Å². The van der Waals surface area contributed by atoms with Gasteiger partial charge in [0.15, 0.2) is 0 Å². The van der Waals surface area contributed by atoms with E-state index in [2.05, 4.69) is 21.1 Å². The number of anilines is 1. The van der Waals surface area contributed by atoms with E-state index in [0.717, 1.165) is 31.7 Å². The minimum Gasteiger partial charge on any atom is -0.231 e. The lowest BCUT2D eigenvalue weighted by molar-refractivity contribution is 1.17. The highest BCUT2D eigenvalue weighted by Crippen LogP contribution is 2.29. The molecule has 0 aliphatic carbocycles. The second-order valence-electron chi connectivity index (χ2n) is 5.45. The molecule has 1 aliphatic rings. The van der Waals surface area contributed by atoms with Crippen molar-refractivity contribution < 1.29 is 0 Å². The lowest BCUT2D eigenvalue weighted by atomic mass is 10.1. The summed E-state index contributed by atoms with van der Waals surface area (Å²) in [6.45, 7) is 1.98. The van der Waals surface area contributed by atoms with E-state index in [1.54, 1.807) is 16.3 Å². The second kappa shape index (κ2) is 6.22. The van der Waals surface area contributed by atoms with E-state index in [0.29, 0.717) is 0 Å². The van der Waals surface area contributed by atoms with Gasteiger partial charge in [-0.05, 0) is 31.2 Å². The maximum atomic E-state index is 5.60. The van der Waals surface area contributed by atoms with Gasteiger partial charge < -0.3 is 0 Å². The van der Waals surface area contributed by atoms with Gasteiger partial charge in [0.25, 0.3) is 0 Å². The molecule has 1 aromatic heterocycles. The minimum absolute atomic E-state index is 0.0766. The highest BCUT2D eigenvalue weighted by molar-refractivity contribution is 7.80. The predicted octanol–water partition coefficient (Wildman–Crippen LogP) is 4.84. The molecule has 6 heteroatoms. The Kier molecular flexibility index (Phi) is 3.92. The summed E-state index contributed by atoms with van der Waals surface area (Å²) in [5, 5.41) is 7.12. The van der Waals surface area contributed by atoms with Crippen molar-refractivity contribution in [1.29, 1.82) is 0 Å². The third-order valence-electron chi connectivity index (χ3n) is 3.80. The molecule has 4 nitrogen and oxygen atoms in total. The van der Waals surface area contributed by atoms with E-state index in [9.17, 15) is 0 Å². The van der Waals surface area contributed by atoms with Gasteiger partial charge in [-0.2, -0.15) is 5.10 Å². The van der Waals surface area contributed by atoms with Gasteiger partial charge >= 0.3 is 0 Å². The third-order valence-corrected chi connectivity index (χ3v) is 5.17. The summed E-state index contributed by atoms with van der Waals surface area (Å²) in [7, 11) is 0. The lowest BCUT2D eigenvalue weighted by Gasteiger charge is -2.15. The third kappa shape index (κ3) is 2.74. The molecule has 0 fully saturated rings. The van der Waals surface area contributed by atoms with Crippen LogP contribution in [0.4, 0.5) is 10.8 Å². The maximum Gasteiger partial charge on any atom is 0.209 e. The van der Waals surface area contributed by atoms with Crippen LogP contribution in [0.1, 0.15) is 6.92 Å². The van der Waals surface area contributed by atoms with Crippen molar-refractivity contribution >= 4 is 61.5 Å². The molecule has 1 atom stereocenters. The number of thiazole rings is 1. The van der Waals surface area contributed by atoms with Crippen LogP contribution >= 0.6 is 23.6 Å². The van der Waals surface area contributed by atoms with E-state index in [-0.39, 0.29) is 5.92 Å². The first kappa shape index (κ1) is 15.1. The Balaban J connectivity index is 1.58. The highest BCUT2D eigenvalue weighted by atomic mass is 32.1. The number of aliphatic imine (C=N–C) groups is 1. The Morgan fingerprint density at radius 1 is 1.12 bits per heavy atom. The molecular weight excluding hydrogens is 336 g/mol. The maximum absolute atomic E-state index is 5.60. The zero-order valence-electron chi connectivity index (χ0n) is 13.0. The van der Waals surface area contributed by atoms with Crippen LogP contribution in [-0.2, 0) is 0 Å². The van der Waals surface area contributed by atoms with Gasteiger partial charge in [-0.3, -0.25) is 0 Å². The molecule has 4 rings (SSSR count). The number of aromatic nitrogens is 1. The average Bonchev–Trinajstić information content (AvgIpc) is 3.14. The first-order valence-corrected chi connectivity index (χ1v) is 8.79. The number of hydrazone groups is 1. The van der Waals surface area contributed by atoms with Crippen LogP contribution in [-0.4, -0.2) is 21.9 Å². The molecule has 3 aromatic rings. The van der Waals surface area contributed by atoms with E-state index in [4.69, 9.17) is 12.2 Å². The molecule has 24 heavy (non-hydrogen) atoms. The van der Waals surface area contributed by atoms with E-state index in [1.165, 1.54) is 0 Å². The van der Waals surface area contributed by atoms with E-state index >= 15 is 0 Å². The number of hydrogen-bond donors (Lipinski definition) is 0. The smallest absolute Gasteiger partial charge is 0.209 e. The Bertz CT molecular complexity index is 926. The lowest BCUT2D eigenvalue weighted by Crippen LogP contribution is -2.25. The molecule has 0 bridgehead atoms. The second-order valence-corrected chi connectivity index (χ2v) is 6.87. The zero-order chi connectivity index (χ0) is 16.5. The van der Waals surface area contributed by atoms with Crippen LogP contribution < -0.4 is 5.01 Å².